The summed E-state index contributed by atoms with van der Waals surface area (Å²) < 4.78 is 0. The molecular formula is C23H44Cl2O. The Labute approximate surface area is 174 Å². The van der Waals surface area contributed by atoms with Crippen molar-refractivity contribution in [3.63, 3.8) is 0 Å². The fourth-order valence-corrected chi connectivity index (χ4v) is 3.75. The van der Waals surface area contributed by atoms with E-state index in [0.717, 1.165) is 38.5 Å². The minimum absolute atomic E-state index is 0.192. The number of alkyl halides is 2. The van der Waals surface area contributed by atoms with Crippen LogP contribution in [0.25, 0.3) is 0 Å². The van der Waals surface area contributed by atoms with Crippen molar-refractivity contribution in [1.82, 2.24) is 0 Å². The smallest absolute Gasteiger partial charge is 0.132 e. The molecule has 0 saturated carbocycles. The van der Waals surface area contributed by atoms with E-state index in [1.54, 1.807) is 0 Å². The van der Waals surface area contributed by atoms with Crippen LogP contribution in [-0.2, 0) is 4.79 Å². The molecule has 0 spiro atoms. The maximum absolute atomic E-state index is 11.9. The lowest BCUT2D eigenvalue weighted by Gasteiger charge is -2.04. The monoisotopic (exact) mass is 406 g/mol. The highest BCUT2D eigenvalue weighted by molar-refractivity contribution is 6.44. The number of Topliss-reactive ketones (excluding diaryl/α,β-unsaturated/α-hetero) is 1. The second kappa shape index (κ2) is 21.5. The van der Waals surface area contributed by atoms with Gasteiger partial charge in [0.2, 0.25) is 0 Å². The number of ketones is 1. The molecule has 0 aliphatic heterocycles. The van der Waals surface area contributed by atoms with Gasteiger partial charge in [0.15, 0.2) is 0 Å². The van der Waals surface area contributed by atoms with Gasteiger partial charge in [0, 0.05) is 12.8 Å². The predicted molar refractivity (Wildman–Crippen MR) is 119 cm³/mol. The molecule has 0 aromatic heterocycles. The fourth-order valence-electron chi connectivity index (χ4n) is 3.44. The summed E-state index contributed by atoms with van der Waals surface area (Å²) in [6.07, 6.45) is 24.3. The Morgan fingerprint density at radius 3 is 1.31 bits per heavy atom. The summed E-state index contributed by atoms with van der Waals surface area (Å²) in [4.78, 5) is 11.7. The molecule has 0 radical (unpaired) electrons. The molecule has 0 aromatic rings. The van der Waals surface area contributed by atoms with Gasteiger partial charge in [-0.25, -0.2) is 0 Å². The summed E-state index contributed by atoms with van der Waals surface area (Å²) in [5.41, 5.74) is 0. The Kier molecular flexibility index (Phi) is 21.8. The van der Waals surface area contributed by atoms with E-state index >= 15 is 0 Å². The molecule has 0 N–H and O–H groups in total. The zero-order valence-electron chi connectivity index (χ0n) is 17.4. The molecule has 3 heteroatoms. The van der Waals surface area contributed by atoms with E-state index < -0.39 is 0 Å². The molecule has 0 aliphatic rings. The lowest BCUT2D eigenvalue weighted by molar-refractivity contribution is -0.119. The molecule has 0 atom stereocenters. The summed E-state index contributed by atoms with van der Waals surface area (Å²) in [5, 5.41) is 0. The first-order valence-corrected chi connectivity index (χ1v) is 12.3. The van der Waals surface area contributed by atoms with E-state index in [9.17, 15) is 4.79 Å². The minimum atomic E-state index is -0.192. The molecule has 0 aliphatic carbocycles. The first-order chi connectivity index (χ1) is 12.7. The van der Waals surface area contributed by atoms with E-state index in [4.69, 9.17) is 23.2 Å². The summed E-state index contributed by atoms with van der Waals surface area (Å²) in [7, 11) is 0. The van der Waals surface area contributed by atoms with E-state index in [1.165, 1.54) is 89.9 Å². The number of carbonyl (C=O) groups is 1. The van der Waals surface area contributed by atoms with Gasteiger partial charge in [0.25, 0.3) is 0 Å². The normalized spacial score (nSPS) is 11.4. The summed E-state index contributed by atoms with van der Waals surface area (Å²) in [5.74, 6) is 0.490. The zero-order chi connectivity index (χ0) is 19.3. The Morgan fingerprint density at radius 2 is 0.923 bits per heavy atom. The third-order valence-electron chi connectivity index (χ3n) is 5.19. The lowest BCUT2D eigenvalue weighted by atomic mass is 10.0. The molecule has 0 bridgehead atoms. The number of hydrogen-bond donors (Lipinski definition) is 0. The fraction of sp³-hybridized carbons (Fsp3) is 0.957. The second-order valence-corrected chi connectivity index (χ2v) is 9.15. The van der Waals surface area contributed by atoms with Crippen LogP contribution >= 0.6 is 23.2 Å². The van der Waals surface area contributed by atoms with E-state index in [2.05, 4.69) is 6.92 Å². The van der Waals surface area contributed by atoms with Gasteiger partial charge in [-0.15, -0.1) is 23.2 Å². The van der Waals surface area contributed by atoms with Crippen LogP contribution in [0.15, 0.2) is 0 Å². The summed E-state index contributed by atoms with van der Waals surface area (Å²) in [6.45, 7) is 2.26. The molecule has 0 heterocycles. The van der Waals surface area contributed by atoms with Gasteiger partial charge in [-0.05, 0) is 19.3 Å². The molecule has 0 aromatic carbocycles. The van der Waals surface area contributed by atoms with Crippen LogP contribution in [0, 0.1) is 0 Å². The molecule has 26 heavy (non-hydrogen) atoms. The Morgan fingerprint density at radius 1 is 0.577 bits per heavy atom. The van der Waals surface area contributed by atoms with E-state index in [1.807, 2.05) is 0 Å². The zero-order valence-corrected chi connectivity index (χ0v) is 18.9. The van der Waals surface area contributed by atoms with Crippen LogP contribution in [0.2, 0.25) is 0 Å². The van der Waals surface area contributed by atoms with Gasteiger partial charge in [-0.3, -0.25) is 4.79 Å². The van der Waals surface area contributed by atoms with Crippen molar-refractivity contribution in [3.05, 3.63) is 0 Å². The largest absolute Gasteiger partial charge is 0.300 e. The van der Waals surface area contributed by atoms with Crippen LogP contribution in [-0.4, -0.2) is 10.6 Å². The molecular weight excluding hydrogens is 363 g/mol. The number of hydrogen-bond acceptors (Lipinski definition) is 1. The van der Waals surface area contributed by atoms with Crippen molar-refractivity contribution in [2.45, 2.75) is 140 Å². The van der Waals surface area contributed by atoms with Gasteiger partial charge in [0.1, 0.15) is 10.6 Å². The third kappa shape index (κ3) is 22.3. The van der Waals surface area contributed by atoms with Crippen LogP contribution in [0.3, 0.4) is 0 Å². The number of halogens is 2. The van der Waals surface area contributed by atoms with Crippen molar-refractivity contribution >= 4 is 29.0 Å². The standard InChI is InChI=1S/C23H44Cl2O/c1-2-3-4-5-6-7-10-13-16-19-22(26)20-17-14-11-8-9-12-15-18-21-23(24)25/h23H,2-21H2,1H3. The second-order valence-electron chi connectivity index (χ2n) is 7.88. The number of rotatable bonds is 21. The molecule has 156 valence electrons. The Bertz CT molecular complexity index is 292. The maximum Gasteiger partial charge on any atom is 0.132 e. The van der Waals surface area contributed by atoms with Crippen molar-refractivity contribution in [3.8, 4) is 0 Å². The topological polar surface area (TPSA) is 17.1 Å². The van der Waals surface area contributed by atoms with Crippen LogP contribution < -0.4 is 0 Å². The molecule has 0 amide bonds. The highest BCUT2D eigenvalue weighted by Crippen LogP contribution is 2.15. The lowest BCUT2D eigenvalue weighted by Crippen LogP contribution is -1.97. The summed E-state index contributed by atoms with van der Waals surface area (Å²) in [6, 6.07) is 0. The first kappa shape index (κ1) is 26.2. The predicted octanol–water partition coefficient (Wildman–Crippen LogP) is 9.18. The highest BCUT2D eigenvalue weighted by Gasteiger charge is 2.02. The Hall–Kier alpha value is 0.250. The average Bonchev–Trinajstić information content (AvgIpc) is 2.61. The molecule has 1 nitrogen and oxygen atoms in total. The Balaban J connectivity index is 3.15. The third-order valence-corrected chi connectivity index (χ3v) is 5.62. The van der Waals surface area contributed by atoms with Gasteiger partial charge >= 0.3 is 0 Å². The van der Waals surface area contributed by atoms with Crippen LogP contribution in [0.1, 0.15) is 135 Å². The highest BCUT2D eigenvalue weighted by atomic mass is 35.5. The van der Waals surface area contributed by atoms with Crippen molar-refractivity contribution < 1.29 is 4.79 Å². The van der Waals surface area contributed by atoms with Gasteiger partial charge < -0.3 is 0 Å². The molecule has 0 rings (SSSR count). The average molecular weight is 408 g/mol. The van der Waals surface area contributed by atoms with Gasteiger partial charge in [-0.2, -0.15) is 0 Å². The quantitative estimate of drug-likeness (QED) is 0.137. The SMILES string of the molecule is CCCCCCCCCCCC(=O)CCCCCCCCCCC(Cl)Cl. The molecule has 0 fully saturated rings. The minimum Gasteiger partial charge on any atom is -0.300 e. The van der Waals surface area contributed by atoms with E-state index in [-0.39, 0.29) is 4.84 Å². The van der Waals surface area contributed by atoms with Gasteiger partial charge in [-0.1, -0.05) is 103 Å². The number of unbranched alkanes of at least 4 members (excludes halogenated alkanes) is 15. The van der Waals surface area contributed by atoms with Crippen LogP contribution in [0.4, 0.5) is 0 Å². The summed E-state index contributed by atoms with van der Waals surface area (Å²) >= 11 is 11.4. The molecule has 0 saturated heterocycles. The maximum atomic E-state index is 11.9. The van der Waals surface area contributed by atoms with Crippen LogP contribution in [0.5, 0.6) is 0 Å². The first-order valence-electron chi connectivity index (χ1n) is 11.5. The van der Waals surface area contributed by atoms with E-state index in [0.29, 0.717) is 5.78 Å². The number of carbonyl (C=O) groups excluding carboxylic acids is 1. The van der Waals surface area contributed by atoms with Crippen molar-refractivity contribution in [1.29, 1.82) is 0 Å². The molecule has 0 unspecified atom stereocenters. The van der Waals surface area contributed by atoms with Crippen molar-refractivity contribution in [2.24, 2.45) is 0 Å². The van der Waals surface area contributed by atoms with Gasteiger partial charge in [0.05, 0.1) is 0 Å². The van der Waals surface area contributed by atoms with Crippen molar-refractivity contribution in [2.75, 3.05) is 0 Å².